The van der Waals surface area contributed by atoms with Crippen molar-refractivity contribution in [3.63, 3.8) is 0 Å². The van der Waals surface area contributed by atoms with E-state index < -0.39 is 0 Å². The van der Waals surface area contributed by atoms with Crippen molar-refractivity contribution in [2.24, 2.45) is 0 Å². The van der Waals surface area contributed by atoms with Crippen molar-refractivity contribution in [2.45, 2.75) is 18.9 Å². The lowest BCUT2D eigenvalue weighted by molar-refractivity contribution is 0.191. The van der Waals surface area contributed by atoms with Crippen molar-refractivity contribution in [3.8, 4) is 29.0 Å². The van der Waals surface area contributed by atoms with Crippen LogP contribution in [0.2, 0.25) is 0 Å². The Balaban J connectivity index is 1.31. The summed E-state index contributed by atoms with van der Waals surface area (Å²) in [4.78, 5) is 11.0. The second-order valence-corrected chi connectivity index (χ2v) is 7.52. The summed E-state index contributed by atoms with van der Waals surface area (Å²) in [7, 11) is 3.15. The van der Waals surface area contributed by atoms with Crippen LogP contribution in [-0.2, 0) is 6.42 Å². The summed E-state index contributed by atoms with van der Waals surface area (Å²) in [5.41, 5.74) is 1.13. The van der Waals surface area contributed by atoms with Crippen LogP contribution >= 0.6 is 0 Å². The van der Waals surface area contributed by atoms with E-state index in [0.717, 1.165) is 38.0 Å². The molecule has 1 saturated heterocycles. The first-order chi connectivity index (χ1) is 15.6. The predicted molar refractivity (Wildman–Crippen MR) is 117 cm³/mol. The third-order valence-corrected chi connectivity index (χ3v) is 5.31. The van der Waals surface area contributed by atoms with Crippen molar-refractivity contribution >= 4 is 0 Å². The van der Waals surface area contributed by atoms with Gasteiger partial charge in [0.05, 0.1) is 26.6 Å². The number of nitrogens with zero attached hydrogens (tertiary/aromatic N) is 3. The number of aromatic nitrogens is 2. The molecule has 0 aliphatic carbocycles. The number of halogens is 1. The molecule has 1 atom stereocenters. The van der Waals surface area contributed by atoms with E-state index in [9.17, 15) is 4.39 Å². The third kappa shape index (κ3) is 5.64. The maximum Gasteiger partial charge on any atom is 0.241 e. The summed E-state index contributed by atoms with van der Waals surface area (Å²) >= 11 is 0. The molecular formula is C24H26FN3O4. The predicted octanol–water partition coefficient (Wildman–Crippen LogP) is 4.12. The largest absolute Gasteiger partial charge is 0.493 e. The van der Waals surface area contributed by atoms with Crippen LogP contribution in [-0.4, -0.2) is 54.8 Å². The maximum atomic E-state index is 13.0. The van der Waals surface area contributed by atoms with E-state index >= 15 is 0 Å². The van der Waals surface area contributed by atoms with Gasteiger partial charge in [0.15, 0.2) is 11.5 Å². The van der Waals surface area contributed by atoms with E-state index in [0.29, 0.717) is 29.0 Å². The number of ether oxygens (including phenoxy) is 4. The van der Waals surface area contributed by atoms with E-state index in [2.05, 4.69) is 14.9 Å². The lowest BCUT2D eigenvalue weighted by Gasteiger charge is -2.16. The number of likely N-dealkylation sites (tertiary alicyclic amines) is 1. The standard InChI is InChI=1S/C24H26FN3O4/c1-29-21-8-7-19(13-22(21)30-2)31-23-14-26-15-24(27-23)32-20-10-12-28(16-20)11-9-17-3-5-18(25)6-4-17/h3-8,13-15,20H,9-12,16H2,1-2H3. The topological polar surface area (TPSA) is 65.9 Å². The lowest BCUT2D eigenvalue weighted by Crippen LogP contribution is -2.27. The monoisotopic (exact) mass is 439 g/mol. The van der Waals surface area contributed by atoms with Gasteiger partial charge in [0.1, 0.15) is 17.7 Å². The summed E-state index contributed by atoms with van der Waals surface area (Å²) in [6, 6.07) is 11.9. The summed E-state index contributed by atoms with van der Waals surface area (Å²) in [5, 5.41) is 0. The summed E-state index contributed by atoms with van der Waals surface area (Å²) < 4.78 is 35.5. The second-order valence-electron chi connectivity index (χ2n) is 7.52. The second kappa shape index (κ2) is 10.3. The lowest BCUT2D eigenvalue weighted by atomic mass is 10.1. The highest BCUT2D eigenvalue weighted by Gasteiger charge is 2.24. The summed E-state index contributed by atoms with van der Waals surface area (Å²) in [6.45, 7) is 2.66. The SMILES string of the molecule is COc1ccc(Oc2cncc(OC3CCN(CCc4ccc(F)cc4)C3)n2)cc1OC. The average molecular weight is 439 g/mol. The maximum absolute atomic E-state index is 13.0. The van der Waals surface area contributed by atoms with Crippen LogP contribution in [0.15, 0.2) is 54.9 Å². The molecule has 0 saturated carbocycles. The normalized spacial score (nSPS) is 16.0. The van der Waals surface area contributed by atoms with E-state index in [-0.39, 0.29) is 11.9 Å². The molecule has 32 heavy (non-hydrogen) atoms. The number of rotatable bonds is 9. The molecule has 7 nitrogen and oxygen atoms in total. The molecule has 1 unspecified atom stereocenters. The van der Waals surface area contributed by atoms with Gasteiger partial charge >= 0.3 is 0 Å². The van der Waals surface area contributed by atoms with Crippen LogP contribution in [0.3, 0.4) is 0 Å². The van der Waals surface area contributed by atoms with E-state index in [4.69, 9.17) is 18.9 Å². The first-order valence-corrected chi connectivity index (χ1v) is 10.5. The quantitative estimate of drug-likeness (QED) is 0.497. The fourth-order valence-corrected chi connectivity index (χ4v) is 3.64. The summed E-state index contributed by atoms with van der Waals surface area (Å²) in [6.07, 6.45) is 4.94. The average Bonchev–Trinajstić information content (AvgIpc) is 3.26. The van der Waals surface area contributed by atoms with Crippen LogP contribution in [0.4, 0.5) is 4.39 Å². The molecule has 1 aromatic heterocycles. The Morgan fingerprint density at radius 1 is 1.00 bits per heavy atom. The molecular weight excluding hydrogens is 413 g/mol. The number of hydrogen-bond acceptors (Lipinski definition) is 7. The molecule has 0 spiro atoms. The molecule has 0 bridgehead atoms. The van der Waals surface area contributed by atoms with E-state index in [1.54, 1.807) is 38.6 Å². The highest BCUT2D eigenvalue weighted by Crippen LogP contribution is 2.32. The molecule has 168 valence electrons. The van der Waals surface area contributed by atoms with Crippen molar-refractivity contribution < 1.29 is 23.3 Å². The number of hydrogen-bond donors (Lipinski definition) is 0. The van der Waals surface area contributed by atoms with Crippen LogP contribution in [0.5, 0.6) is 29.0 Å². The van der Waals surface area contributed by atoms with Gasteiger partial charge in [0.25, 0.3) is 0 Å². The van der Waals surface area contributed by atoms with Crippen LogP contribution in [0.25, 0.3) is 0 Å². The minimum Gasteiger partial charge on any atom is -0.493 e. The molecule has 0 amide bonds. The van der Waals surface area contributed by atoms with Crippen LogP contribution in [0, 0.1) is 5.82 Å². The van der Waals surface area contributed by atoms with Crippen molar-refractivity contribution in [2.75, 3.05) is 33.9 Å². The molecule has 2 aromatic carbocycles. The van der Waals surface area contributed by atoms with Gasteiger partial charge in [-0.25, -0.2) is 4.39 Å². The highest BCUT2D eigenvalue weighted by atomic mass is 19.1. The van der Waals surface area contributed by atoms with Gasteiger partial charge in [-0.15, -0.1) is 0 Å². The molecule has 1 aliphatic heterocycles. The highest BCUT2D eigenvalue weighted by molar-refractivity contribution is 5.46. The van der Waals surface area contributed by atoms with Crippen molar-refractivity contribution in [1.82, 2.24) is 14.9 Å². The zero-order valence-corrected chi connectivity index (χ0v) is 18.2. The fraction of sp³-hybridized carbons (Fsp3) is 0.333. The van der Waals surface area contributed by atoms with Gasteiger partial charge in [-0.1, -0.05) is 12.1 Å². The van der Waals surface area contributed by atoms with Gasteiger partial charge in [0, 0.05) is 25.7 Å². The molecule has 0 radical (unpaired) electrons. The molecule has 2 heterocycles. The van der Waals surface area contributed by atoms with Gasteiger partial charge in [0.2, 0.25) is 11.8 Å². The minimum atomic E-state index is -0.207. The minimum absolute atomic E-state index is 0.0360. The summed E-state index contributed by atoms with van der Waals surface area (Å²) in [5.74, 6) is 2.29. The molecule has 1 fully saturated rings. The number of benzene rings is 2. The molecule has 0 N–H and O–H groups in total. The Hall–Kier alpha value is -3.39. The first-order valence-electron chi connectivity index (χ1n) is 10.5. The van der Waals surface area contributed by atoms with Gasteiger partial charge in [-0.3, -0.25) is 9.88 Å². The van der Waals surface area contributed by atoms with Crippen molar-refractivity contribution in [3.05, 3.63) is 66.2 Å². The third-order valence-electron chi connectivity index (χ3n) is 5.31. The zero-order chi connectivity index (χ0) is 22.3. The Morgan fingerprint density at radius 2 is 1.78 bits per heavy atom. The van der Waals surface area contributed by atoms with Gasteiger partial charge in [-0.2, -0.15) is 4.98 Å². The molecule has 8 heteroatoms. The Labute approximate surface area is 186 Å². The smallest absolute Gasteiger partial charge is 0.241 e. The fourth-order valence-electron chi connectivity index (χ4n) is 3.64. The zero-order valence-electron chi connectivity index (χ0n) is 18.2. The van der Waals surface area contributed by atoms with Gasteiger partial charge < -0.3 is 18.9 Å². The Morgan fingerprint density at radius 3 is 2.56 bits per heavy atom. The van der Waals surface area contributed by atoms with Crippen LogP contribution < -0.4 is 18.9 Å². The Bertz CT molecular complexity index is 1030. The van der Waals surface area contributed by atoms with Crippen molar-refractivity contribution in [1.29, 1.82) is 0 Å². The first kappa shape index (κ1) is 21.8. The molecule has 4 rings (SSSR count). The van der Waals surface area contributed by atoms with Gasteiger partial charge in [-0.05, 0) is 42.7 Å². The molecule has 1 aliphatic rings. The molecule has 3 aromatic rings. The van der Waals surface area contributed by atoms with E-state index in [1.165, 1.54) is 18.3 Å². The Kier molecular flexibility index (Phi) is 7.01. The van der Waals surface area contributed by atoms with E-state index in [1.807, 2.05) is 12.1 Å². The van der Waals surface area contributed by atoms with Crippen LogP contribution in [0.1, 0.15) is 12.0 Å². The number of methoxy groups -OCH3 is 2.